The zero-order valence-electron chi connectivity index (χ0n) is 13.6. The molecule has 1 aromatic rings. The molecular weight excluding hydrogens is 333 g/mol. The number of hydrogen-bond donors (Lipinski definition) is 3. The van der Waals surface area contributed by atoms with Crippen LogP contribution in [0.3, 0.4) is 0 Å². The molecule has 0 saturated carbocycles. The molecule has 1 aliphatic rings. The van der Waals surface area contributed by atoms with E-state index in [1.807, 2.05) is 18.2 Å². The maximum Gasteiger partial charge on any atom is 0.220 e. The number of amides is 1. The fourth-order valence-electron chi connectivity index (χ4n) is 2.70. The molecule has 1 saturated heterocycles. The van der Waals surface area contributed by atoms with Crippen molar-refractivity contribution < 1.29 is 4.79 Å². The number of halogens is 2. The highest BCUT2D eigenvalue weighted by atomic mass is 35.5. The summed E-state index contributed by atoms with van der Waals surface area (Å²) in [6.07, 6.45) is 5.10. The van der Waals surface area contributed by atoms with E-state index < -0.39 is 0 Å². The first-order chi connectivity index (χ1) is 10.3. The van der Waals surface area contributed by atoms with Crippen molar-refractivity contribution in [2.75, 3.05) is 31.5 Å². The van der Waals surface area contributed by atoms with E-state index in [2.05, 4.69) is 28.1 Å². The van der Waals surface area contributed by atoms with Crippen LogP contribution in [-0.2, 0) is 4.79 Å². The average molecular weight is 362 g/mol. The van der Waals surface area contributed by atoms with Gasteiger partial charge in [-0.25, -0.2) is 0 Å². The molecule has 0 aromatic heterocycles. The molecule has 1 heterocycles. The quantitative estimate of drug-likeness (QED) is 0.623. The molecule has 4 nitrogen and oxygen atoms in total. The normalized spacial score (nSPS) is 14.3. The molecular formula is C17H29Cl2N3O. The highest BCUT2D eigenvalue weighted by molar-refractivity contribution is 5.85. The Balaban J connectivity index is 0.00000242. The SMILES string of the molecule is Cl.Cl.O=C(CCC1CCNCC1)NCCCNc1ccccc1. The van der Waals surface area contributed by atoms with Crippen molar-refractivity contribution in [3.05, 3.63) is 30.3 Å². The summed E-state index contributed by atoms with van der Waals surface area (Å²) < 4.78 is 0. The van der Waals surface area contributed by atoms with Crippen LogP contribution in [-0.4, -0.2) is 32.1 Å². The molecule has 0 spiro atoms. The number of para-hydroxylation sites is 1. The first-order valence-electron chi connectivity index (χ1n) is 8.11. The number of rotatable bonds is 8. The number of piperidine rings is 1. The number of carbonyl (C=O) groups excluding carboxylic acids is 1. The van der Waals surface area contributed by atoms with E-state index >= 15 is 0 Å². The Bertz CT molecular complexity index is 412. The van der Waals surface area contributed by atoms with E-state index in [4.69, 9.17) is 0 Å². The third kappa shape index (κ3) is 9.69. The van der Waals surface area contributed by atoms with E-state index in [9.17, 15) is 4.79 Å². The second-order valence-electron chi connectivity index (χ2n) is 5.73. The minimum atomic E-state index is 0. The van der Waals surface area contributed by atoms with Gasteiger partial charge in [0.05, 0.1) is 0 Å². The fourth-order valence-corrected chi connectivity index (χ4v) is 2.70. The van der Waals surface area contributed by atoms with Crippen LogP contribution in [0.2, 0.25) is 0 Å². The van der Waals surface area contributed by atoms with Gasteiger partial charge in [-0.1, -0.05) is 18.2 Å². The van der Waals surface area contributed by atoms with Gasteiger partial charge in [-0.05, 0) is 56.8 Å². The molecule has 0 radical (unpaired) electrons. The second-order valence-corrected chi connectivity index (χ2v) is 5.73. The Hall–Kier alpha value is -0.970. The van der Waals surface area contributed by atoms with Crippen LogP contribution in [0.5, 0.6) is 0 Å². The third-order valence-electron chi connectivity index (χ3n) is 4.02. The number of anilines is 1. The maximum atomic E-state index is 11.8. The smallest absolute Gasteiger partial charge is 0.220 e. The monoisotopic (exact) mass is 361 g/mol. The van der Waals surface area contributed by atoms with Crippen LogP contribution in [0, 0.1) is 5.92 Å². The lowest BCUT2D eigenvalue weighted by molar-refractivity contribution is -0.121. The first kappa shape index (κ1) is 22.0. The summed E-state index contributed by atoms with van der Waals surface area (Å²) in [6.45, 7) is 3.86. The van der Waals surface area contributed by atoms with Gasteiger partial charge in [0.2, 0.25) is 5.91 Å². The molecule has 1 fully saturated rings. The van der Waals surface area contributed by atoms with E-state index in [1.54, 1.807) is 0 Å². The Morgan fingerprint density at radius 3 is 2.48 bits per heavy atom. The lowest BCUT2D eigenvalue weighted by Crippen LogP contribution is -2.30. The van der Waals surface area contributed by atoms with Gasteiger partial charge in [0.1, 0.15) is 0 Å². The van der Waals surface area contributed by atoms with Gasteiger partial charge in [0, 0.05) is 25.2 Å². The average Bonchev–Trinajstić information content (AvgIpc) is 2.54. The van der Waals surface area contributed by atoms with Crippen LogP contribution >= 0.6 is 24.8 Å². The summed E-state index contributed by atoms with van der Waals surface area (Å²) in [4.78, 5) is 11.8. The zero-order valence-corrected chi connectivity index (χ0v) is 15.2. The summed E-state index contributed by atoms with van der Waals surface area (Å²) in [6, 6.07) is 10.2. The standard InChI is InChI=1S/C17H27N3O.2ClH/c21-17(8-7-15-9-13-18-14-10-15)20-12-4-11-19-16-5-2-1-3-6-16;;/h1-3,5-6,15,18-19H,4,7-14H2,(H,20,21);2*1H. The van der Waals surface area contributed by atoms with Crippen LogP contribution in [0.15, 0.2) is 30.3 Å². The molecule has 0 bridgehead atoms. The summed E-state index contributed by atoms with van der Waals surface area (Å²) in [5.74, 6) is 0.935. The molecule has 1 amide bonds. The maximum absolute atomic E-state index is 11.8. The Morgan fingerprint density at radius 1 is 1.09 bits per heavy atom. The van der Waals surface area contributed by atoms with Gasteiger partial charge < -0.3 is 16.0 Å². The van der Waals surface area contributed by atoms with Gasteiger partial charge in [0.25, 0.3) is 0 Å². The molecule has 1 aromatic carbocycles. The molecule has 6 heteroatoms. The van der Waals surface area contributed by atoms with Crippen molar-refractivity contribution in [1.82, 2.24) is 10.6 Å². The molecule has 1 aliphatic heterocycles. The molecule has 2 rings (SSSR count). The molecule has 0 unspecified atom stereocenters. The summed E-state index contributed by atoms with van der Waals surface area (Å²) in [5.41, 5.74) is 1.13. The topological polar surface area (TPSA) is 53.2 Å². The predicted molar refractivity (Wildman–Crippen MR) is 102 cm³/mol. The van der Waals surface area contributed by atoms with Crippen LogP contribution in [0.25, 0.3) is 0 Å². The Morgan fingerprint density at radius 2 is 1.78 bits per heavy atom. The summed E-state index contributed by atoms with van der Waals surface area (Å²) >= 11 is 0. The van der Waals surface area contributed by atoms with Crippen molar-refractivity contribution in [1.29, 1.82) is 0 Å². The van der Waals surface area contributed by atoms with Crippen LogP contribution in [0.4, 0.5) is 5.69 Å². The van der Waals surface area contributed by atoms with E-state index in [0.717, 1.165) is 50.6 Å². The van der Waals surface area contributed by atoms with Crippen molar-refractivity contribution in [3.8, 4) is 0 Å². The van der Waals surface area contributed by atoms with Gasteiger partial charge >= 0.3 is 0 Å². The molecule has 23 heavy (non-hydrogen) atoms. The minimum Gasteiger partial charge on any atom is -0.385 e. The van der Waals surface area contributed by atoms with Crippen molar-refractivity contribution in [3.63, 3.8) is 0 Å². The first-order valence-corrected chi connectivity index (χ1v) is 8.11. The number of nitrogens with one attached hydrogen (secondary N) is 3. The number of carbonyl (C=O) groups is 1. The summed E-state index contributed by atoms with van der Waals surface area (Å²) in [7, 11) is 0. The van der Waals surface area contributed by atoms with Gasteiger partial charge in [-0.2, -0.15) is 0 Å². The predicted octanol–water partition coefficient (Wildman–Crippen LogP) is 3.23. The Kier molecular flexibility index (Phi) is 12.9. The Labute approximate surface area is 152 Å². The number of hydrogen-bond acceptors (Lipinski definition) is 3. The molecule has 3 N–H and O–H groups in total. The van der Waals surface area contributed by atoms with Crippen LogP contribution in [0.1, 0.15) is 32.1 Å². The molecule has 0 atom stereocenters. The minimum absolute atomic E-state index is 0. The number of benzene rings is 1. The van der Waals surface area contributed by atoms with Gasteiger partial charge in [0.15, 0.2) is 0 Å². The zero-order chi connectivity index (χ0) is 14.8. The van der Waals surface area contributed by atoms with E-state index in [-0.39, 0.29) is 30.7 Å². The lowest BCUT2D eigenvalue weighted by Gasteiger charge is -2.22. The van der Waals surface area contributed by atoms with E-state index in [1.165, 1.54) is 12.8 Å². The van der Waals surface area contributed by atoms with E-state index in [0.29, 0.717) is 6.42 Å². The van der Waals surface area contributed by atoms with Crippen molar-refractivity contribution in [2.45, 2.75) is 32.1 Å². The highest BCUT2D eigenvalue weighted by Crippen LogP contribution is 2.17. The van der Waals surface area contributed by atoms with Gasteiger partial charge in [-0.15, -0.1) is 24.8 Å². The van der Waals surface area contributed by atoms with Crippen LogP contribution < -0.4 is 16.0 Å². The van der Waals surface area contributed by atoms with Gasteiger partial charge in [-0.3, -0.25) is 4.79 Å². The second kappa shape index (κ2) is 13.5. The van der Waals surface area contributed by atoms with Crippen molar-refractivity contribution >= 4 is 36.4 Å². The fraction of sp³-hybridized carbons (Fsp3) is 0.588. The van der Waals surface area contributed by atoms with Crippen molar-refractivity contribution in [2.24, 2.45) is 5.92 Å². The summed E-state index contributed by atoms with van der Waals surface area (Å²) in [5, 5.41) is 9.71. The lowest BCUT2D eigenvalue weighted by atomic mass is 9.93. The largest absolute Gasteiger partial charge is 0.385 e. The third-order valence-corrected chi connectivity index (χ3v) is 4.02. The molecule has 132 valence electrons. The highest BCUT2D eigenvalue weighted by Gasteiger charge is 2.14. The molecule has 0 aliphatic carbocycles.